The summed E-state index contributed by atoms with van der Waals surface area (Å²) in [6.07, 6.45) is 0.242. The smallest absolute Gasteiger partial charge is 0.161 e. The molecule has 1 aromatic rings. The Morgan fingerprint density at radius 3 is 2.45 bits per heavy atom. The van der Waals surface area contributed by atoms with Gasteiger partial charge in [0, 0.05) is 36.2 Å². The van der Waals surface area contributed by atoms with Gasteiger partial charge in [-0.05, 0) is 33.3 Å². The van der Waals surface area contributed by atoms with Crippen LogP contribution in [0.15, 0.2) is 12.1 Å². The Kier molecular flexibility index (Phi) is 4.39. The maximum absolute atomic E-state index is 13.8. The number of halogens is 3. The third-order valence-electron chi connectivity index (χ3n) is 3.45. The molecular formula is C15H20F3NO. The third-order valence-corrected chi connectivity index (χ3v) is 3.45. The molecule has 5 heteroatoms. The van der Waals surface area contributed by atoms with E-state index >= 15 is 0 Å². The van der Waals surface area contributed by atoms with Crippen molar-refractivity contribution in [2.75, 3.05) is 13.2 Å². The van der Waals surface area contributed by atoms with Gasteiger partial charge in [0.05, 0.1) is 6.10 Å². The first kappa shape index (κ1) is 15.3. The summed E-state index contributed by atoms with van der Waals surface area (Å²) in [6.45, 7) is 7.26. The molecule has 20 heavy (non-hydrogen) atoms. The van der Waals surface area contributed by atoms with Gasteiger partial charge in [-0.15, -0.1) is 0 Å². The molecule has 1 heterocycles. The number of rotatable bonds is 3. The molecule has 1 aliphatic heterocycles. The van der Waals surface area contributed by atoms with Crippen molar-refractivity contribution in [3.8, 4) is 0 Å². The summed E-state index contributed by atoms with van der Waals surface area (Å²) in [5.74, 6) is -2.92. The van der Waals surface area contributed by atoms with E-state index in [2.05, 4.69) is 5.32 Å². The van der Waals surface area contributed by atoms with Crippen LogP contribution >= 0.6 is 0 Å². The van der Waals surface area contributed by atoms with Gasteiger partial charge in [0.15, 0.2) is 11.6 Å². The fraction of sp³-hybridized carbons (Fsp3) is 0.600. The Morgan fingerprint density at radius 1 is 1.15 bits per heavy atom. The van der Waals surface area contributed by atoms with E-state index in [4.69, 9.17) is 4.74 Å². The lowest BCUT2D eigenvalue weighted by molar-refractivity contribution is 0.0855. The summed E-state index contributed by atoms with van der Waals surface area (Å²) in [4.78, 5) is 0. The van der Waals surface area contributed by atoms with Crippen molar-refractivity contribution in [3.63, 3.8) is 0 Å². The lowest BCUT2D eigenvalue weighted by Crippen LogP contribution is -2.39. The predicted octanol–water partition coefficient (Wildman–Crippen LogP) is 3.57. The van der Waals surface area contributed by atoms with E-state index in [0.717, 1.165) is 12.5 Å². The average Bonchev–Trinajstić information content (AvgIpc) is 2.78. The molecule has 0 saturated carbocycles. The van der Waals surface area contributed by atoms with Crippen LogP contribution in [-0.2, 0) is 4.74 Å². The fourth-order valence-electron chi connectivity index (χ4n) is 2.38. The van der Waals surface area contributed by atoms with Crippen LogP contribution in [0.4, 0.5) is 13.2 Å². The summed E-state index contributed by atoms with van der Waals surface area (Å²) in [5.41, 5.74) is 0.0434. The fourth-order valence-corrected chi connectivity index (χ4v) is 2.38. The monoisotopic (exact) mass is 287 g/mol. The van der Waals surface area contributed by atoms with E-state index in [1.54, 1.807) is 0 Å². The summed E-state index contributed by atoms with van der Waals surface area (Å²) in [7, 11) is 0. The standard InChI is InChI=1S/C15H20F3NO/c1-15(2,3)19-8-9-4-5-20-14(9)10-6-12(17)13(18)7-11(10)16/h6-7,9,14,19H,4-5,8H2,1-3H3. The molecule has 1 fully saturated rings. The molecular weight excluding hydrogens is 267 g/mol. The quantitative estimate of drug-likeness (QED) is 0.858. The third kappa shape index (κ3) is 3.52. The lowest BCUT2D eigenvalue weighted by atomic mass is 9.93. The molecule has 2 atom stereocenters. The molecule has 2 nitrogen and oxygen atoms in total. The molecule has 0 aromatic heterocycles. The van der Waals surface area contributed by atoms with Gasteiger partial charge in [-0.2, -0.15) is 0 Å². The van der Waals surface area contributed by atoms with E-state index in [1.165, 1.54) is 0 Å². The maximum atomic E-state index is 13.8. The van der Waals surface area contributed by atoms with Crippen molar-refractivity contribution in [1.29, 1.82) is 0 Å². The molecule has 0 radical (unpaired) electrons. The first-order valence-electron chi connectivity index (χ1n) is 6.79. The number of ether oxygens (including phenoxy) is 1. The van der Waals surface area contributed by atoms with E-state index in [-0.39, 0.29) is 17.0 Å². The van der Waals surface area contributed by atoms with Crippen LogP contribution in [-0.4, -0.2) is 18.7 Å². The molecule has 0 amide bonds. The van der Waals surface area contributed by atoms with Crippen LogP contribution in [0.3, 0.4) is 0 Å². The molecule has 1 saturated heterocycles. The van der Waals surface area contributed by atoms with Crippen LogP contribution < -0.4 is 5.32 Å². The highest BCUT2D eigenvalue weighted by molar-refractivity contribution is 5.23. The Hall–Kier alpha value is -1.07. The highest BCUT2D eigenvalue weighted by Crippen LogP contribution is 2.36. The highest BCUT2D eigenvalue weighted by atomic mass is 19.2. The average molecular weight is 287 g/mol. The minimum Gasteiger partial charge on any atom is -0.373 e. The molecule has 2 unspecified atom stereocenters. The van der Waals surface area contributed by atoms with Gasteiger partial charge in [0.1, 0.15) is 5.82 Å². The van der Waals surface area contributed by atoms with Crippen LogP contribution in [0, 0.1) is 23.4 Å². The summed E-state index contributed by atoms with van der Waals surface area (Å²) in [6, 6.07) is 1.49. The number of nitrogens with one attached hydrogen (secondary N) is 1. The van der Waals surface area contributed by atoms with Crippen molar-refractivity contribution >= 4 is 0 Å². The lowest BCUT2D eigenvalue weighted by Gasteiger charge is -2.26. The highest BCUT2D eigenvalue weighted by Gasteiger charge is 2.33. The van der Waals surface area contributed by atoms with Gasteiger partial charge < -0.3 is 10.1 Å². The summed E-state index contributed by atoms with van der Waals surface area (Å²) >= 11 is 0. The Bertz CT molecular complexity index is 485. The molecule has 1 N–H and O–H groups in total. The second-order valence-corrected chi connectivity index (χ2v) is 6.26. The van der Waals surface area contributed by atoms with E-state index in [1.807, 2.05) is 20.8 Å². The first-order valence-corrected chi connectivity index (χ1v) is 6.79. The predicted molar refractivity (Wildman–Crippen MR) is 70.9 cm³/mol. The molecule has 1 aromatic carbocycles. The number of hydrogen-bond donors (Lipinski definition) is 1. The van der Waals surface area contributed by atoms with Crippen molar-refractivity contribution in [1.82, 2.24) is 5.32 Å². The largest absolute Gasteiger partial charge is 0.373 e. The van der Waals surface area contributed by atoms with Crippen molar-refractivity contribution in [3.05, 3.63) is 35.1 Å². The normalized spacial score (nSPS) is 23.3. The van der Waals surface area contributed by atoms with Crippen molar-refractivity contribution in [2.24, 2.45) is 5.92 Å². The van der Waals surface area contributed by atoms with Crippen LogP contribution in [0.2, 0.25) is 0 Å². The van der Waals surface area contributed by atoms with E-state index in [0.29, 0.717) is 19.2 Å². The zero-order chi connectivity index (χ0) is 14.9. The van der Waals surface area contributed by atoms with Crippen LogP contribution in [0.1, 0.15) is 38.9 Å². The number of hydrogen-bond acceptors (Lipinski definition) is 2. The van der Waals surface area contributed by atoms with Gasteiger partial charge in [-0.3, -0.25) is 0 Å². The first-order chi connectivity index (χ1) is 9.28. The zero-order valence-corrected chi connectivity index (χ0v) is 12.0. The zero-order valence-electron chi connectivity index (χ0n) is 12.0. The second-order valence-electron chi connectivity index (χ2n) is 6.26. The Morgan fingerprint density at radius 2 is 1.80 bits per heavy atom. The van der Waals surface area contributed by atoms with Crippen LogP contribution in [0.5, 0.6) is 0 Å². The van der Waals surface area contributed by atoms with E-state index < -0.39 is 23.6 Å². The minimum absolute atomic E-state index is 0.0496. The Labute approximate surface area is 117 Å². The number of benzene rings is 1. The molecule has 1 aliphatic rings. The summed E-state index contributed by atoms with van der Waals surface area (Å²) in [5, 5.41) is 3.34. The molecule has 2 rings (SSSR count). The van der Waals surface area contributed by atoms with E-state index in [9.17, 15) is 13.2 Å². The maximum Gasteiger partial charge on any atom is 0.161 e. The molecule has 112 valence electrons. The summed E-state index contributed by atoms with van der Waals surface area (Å²) < 4.78 is 45.6. The molecule has 0 aliphatic carbocycles. The molecule has 0 spiro atoms. The minimum atomic E-state index is -1.17. The van der Waals surface area contributed by atoms with Gasteiger partial charge in [0.25, 0.3) is 0 Å². The van der Waals surface area contributed by atoms with Gasteiger partial charge in [0.2, 0.25) is 0 Å². The van der Waals surface area contributed by atoms with Crippen LogP contribution in [0.25, 0.3) is 0 Å². The van der Waals surface area contributed by atoms with Gasteiger partial charge >= 0.3 is 0 Å². The SMILES string of the molecule is CC(C)(C)NCC1CCOC1c1cc(F)c(F)cc1F. The molecule has 0 bridgehead atoms. The van der Waals surface area contributed by atoms with Gasteiger partial charge in [-0.1, -0.05) is 0 Å². The Balaban J connectivity index is 2.16. The topological polar surface area (TPSA) is 21.3 Å². The van der Waals surface area contributed by atoms with Crippen molar-refractivity contribution < 1.29 is 17.9 Å². The second kappa shape index (κ2) is 5.74. The van der Waals surface area contributed by atoms with Crippen molar-refractivity contribution in [2.45, 2.75) is 38.8 Å². The van der Waals surface area contributed by atoms with Gasteiger partial charge in [-0.25, -0.2) is 13.2 Å².